The number of aromatic amines is 1. The Morgan fingerprint density at radius 2 is 1.68 bits per heavy atom. The minimum absolute atomic E-state index is 0.000287. The molecule has 0 aliphatic carbocycles. The first kappa shape index (κ1) is 13.6. The third-order valence-electron chi connectivity index (χ3n) is 2.32. The Labute approximate surface area is 110 Å². The van der Waals surface area contributed by atoms with Crippen molar-refractivity contribution in [2.24, 2.45) is 0 Å². The lowest BCUT2D eigenvalue weighted by Gasteiger charge is -2.06. The Bertz CT molecular complexity index is 763. The maximum Gasteiger partial charge on any atom is 0.265 e. The molecule has 0 amide bonds. The van der Waals surface area contributed by atoms with Gasteiger partial charge in [-0.05, 0) is 24.3 Å². The van der Waals surface area contributed by atoms with Crippen molar-refractivity contribution in [1.29, 1.82) is 0 Å². The van der Waals surface area contributed by atoms with E-state index in [0.29, 0.717) is 0 Å². The number of anilines is 1. The molecule has 0 atom stereocenters. The summed E-state index contributed by atoms with van der Waals surface area (Å²) in [7, 11) is -7.01. The van der Waals surface area contributed by atoms with Crippen LogP contribution in [-0.2, 0) is 19.9 Å². The van der Waals surface area contributed by atoms with Gasteiger partial charge in [0.2, 0.25) is 0 Å². The van der Waals surface area contributed by atoms with Crippen molar-refractivity contribution in [3.63, 3.8) is 0 Å². The van der Waals surface area contributed by atoms with Gasteiger partial charge in [-0.15, -0.1) is 0 Å². The molecule has 9 heteroatoms. The number of aromatic nitrogens is 2. The van der Waals surface area contributed by atoms with E-state index in [0.717, 1.165) is 6.26 Å². The molecule has 0 saturated carbocycles. The van der Waals surface area contributed by atoms with E-state index in [1.165, 1.54) is 36.7 Å². The van der Waals surface area contributed by atoms with E-state index >= 15 is 0 Å². The first-order valence-corrected chi connectivity index (χ1v) is 8.48. The number of hydrogen-bond acceptors (Lipinski definition) is 5. The number of nitrogens with one attached hydrogen (secondary N) is 2. The summed E-state index contributed by atoms with van der Waals surface area (Å²) in [6.45, 7) is 0. The molecule has 0 saturated heterocycles. The van der Waals surface area contributed by atoms with E-state index in [1.807, 2.05) is 0 Å². The van der Waals surface area contributed by atoms with Crippen LogP contribution in [0.2, 0.25) is 0 Å². The van der Waals surface area contributed by atoms with Gasteiger partial charge in [0.1, 0.15) is 4.90 Å². The minimum Gasteiger partial charge on any atom is -0.284 e. The zero-order chi connectivity index (χ0) is 14.1. The highest BCUT2D eigenvalue weighted by Crippen LogP contribution is 2.17. The number of rotatable bonds is 4. The number of sulfonamides is 1. The van der Waals surface area contributed by atoms with Gasteiger partial charge < -0.3 is 0 Å². The van der Waals surface area contributed by atoms with Crippen molar-refractivity contribution in [2.45, 2.75) is 9.79 Å². The fourth-order valence-electron chi connectivity index (χ4n) is 1.37. The number of nitrogens with zero attached hydrogens (tertiary/aromatic N) is 1. The van der Waals surface area contributed by atoms with Crippen LogP contribution in [0.4, 0.5) is 5.69 Å². The third kappa shape index (κ3) is 3.12. The van der Waals surface area contributed by atoms with Crippen LogP contribution in [0, 0.1) is 0 Å². The van der Waals surface area contributed by atoms with Crippen LogP contribution in [0.1, 0.15) is 0 Å². The van der Waals surface area contributed by atoms with Gasteiger partial charge in [0.15, 0.2) is 9.84 Å². The number of H-pyrrole nitrogens is 1. The Morgan fingerprint density at radius 1 is 1.05 bits per heavy atom. The normalized spacial score (nSPS) is 12.3. The van der Waals surface area contributed by atoms with Crippen LogP contribution in [0.25, 0.3) is 0 Å². The Kier molecular flexibility index (Phi) is 3.33. The van der Waals surface area contributed by atoms with E-state index < -0.39 is 19.9 Å². The molecule has 7 nitrogen and oxygen atoms in total. The summed E-state index contributed by atoms with van der Waals surface area (Å²) >= 11 is 0. The van der Waals surface area contributed by atoms with Crippen molar-refractivity contribution >= 4 is 25.5 Å². The van der Waals surface area contributed by atoms with Gasteiger partial charge in [0.05, 0.1) is 11.1 Å². The van der Waals surface area contributed by atoms with Gasteiger partial charge in [-0.25, -0.2) is 16.8 Å². The van der Waals surface area contributed by atoms with E-state index in [-0.39, 0.29) is 15.5 Å². The molecule has 0 unspecified atom stereocenters. The fraction of sp³-hybridized carbons (Fsp3) is 0.100. The standard InChI is InChI=1S/C10H11N3O4S2/c1-18(14,15)9-4-2-8(3-5-9)13-19(16,17)10-6-11-12-7-10/h2-7,13H,1H3,(H,11,12). The number of hydrogen-bond donors (Lipinski definition) is 2. The second kappa shape index (κ2) is 4.67. The lowest BCUT2D eigenvalue weighted by atomic mass is 10.3. The van der Waals surface area contributed by atoms with Crippen molar-refractivity contribution < 1.29 is 16.8 Å². The van der Waals surface area contributed by atoms with Crippen LogP contribution in [0.3, 0.4) is 0 Å². The summed E-state index contributed by atoms with van der Waals surface area (Å²) in [5.41, 5.74) is 0.272. The highest BCUT2D eigenvalue weighted by atomic mass is 32.2. The average molecular weight is 301 g/mol. The van der Waals surface area contributed by atoms with Gasteiger partial charge in [-0.2, -0.15) is 5.10 Å². The third-order valence-corrected chi connectivity index (χ3v) is 4.79. The van der Waals surface area contributed by atoms with Crippen LogP contribution < -0.4 is 4.72 Å². The summed E-state index contributed by atoms with van der Waals surface area (Å²) < 4.78 is 48.6. The lowest BCUT2D eigenvalue weighted by molar-refractivity contribution is 0.600. The molecular weight excluding hydrogens is 290 g/mol. The Morgan fingerprint density at radius 3 is 2.16 bits per heavy atom. The molecule has 0 aliphatic rings. The zero-order valence-electron chi connectivity index (χ0n) is 9.86. The van der Waals surface area contributed by atoms with Crippen LogP contribution in [0.15, 0.2) is 46.5 Å². The van der Waals surface area contributed by atoms with Gasteiger partial charge >= 0.3 is 0 Å². The van der Waals surface area contributed by atoms with E-state index in [1.54, 1.807) is 0 Å². The molecule has 0 radical (unpaired) electrons. The quantitative estimate of drug-likeness (QED) is 0.860. The molecule has 2 N–H and O–H groups in total. The zero-order valence-corrected chi connectivity index (χ0v) is 11.5. The molecule has 19 heavy (non-hydrogen) atoms. The Balaban J connectivity index is 2.26. The highest BCUT2D eigenvalue weighted by molar-refractivity contribution is 7.92. The smallest absolute Gasteiger partial charge is 0.265 e. The van der Waals surface area contributed by atoms with Crippen molar-refractivity contribution in [2.75, 3.05) is 11.0 Å². The van der Waals surface area contributed by atoms with Gasteiger partial charge in [-0.1, -0.05) is 0 Å². The second-order valence-corrected chi connectivity index (χ2v) is 7.53. The van der Waals surface area contributed by atoms with Crippen LogP contribution in [-0.4, -0.2) is 33.3 Å². The van der Waals surface area contributed by atoms with E-state index in [2.05, 4.69) is 14.9 Å². The summed E-state index contributed by atoms with van der Waals surface area (Å²) in [4.78, 5) is 0.124. The summed E-state index contributed by atoms with van der Waals surface area (Å²) in [6, 6.07) is 5.44. The largest absolute Gasteiger partial charge is 0.284 e. The number of sulfone groups is 1. The molecule has 1 heterocycles. The molecule has 0 fully saturated rings. The van der Waals surface area contributed by atoms with Crippen LogP contribution in [0.5, 0.6) is 0 Å². The maximum absolute atomic E-state index is 11.9. The van der Waals surface area contributed by atoms with Gasteiger partial charge in [0, 0.05) is 18.1 Å². The maximum atomic E-state index is 11.9. The molecule has 2 rings (SSSR count). The van der Waals surface area contributed by atoms with Crippen molar-refractivity contribution in [3.8, 4) is 0 Å². The summed E-state index contributed by atoms with van der Waals surface area (Å²) in [5, 5.41) is 5.96. The second-order valence-electron chi connectivity index (χ2n) is 3.84. The molecule has 102 valence electrons. The van der Waals surface area contributed by atoms with E-state index in [4.69, 9.17) is 0 Å². The predicted octanol–water partition coefficient (Wildman–Crippen LogP) is 0.614. The SMILES string of the molecule is CS(=O)(=O)c1ccc(NS(=O)(=O)c2cn[nH]c2)cc1. The first-order valence-electron chi connectivity index (χ1n) is 5.11. The molecule has 0 bridgehead atoms. The molecule has 1 aromatic carbocycles. The number of benzene rings is 1. The summed E-state index contributed by atoms with van der Waals surface area (Å²) in [5.74, 6) is 0. The van der Waals surface area contributed by atoms with Gasteiger partial charge in [0.25, 0.3) is 10.0 Å². The van der Waals surface area contributed by atoms with E-state index in [9.17, 15) is 16.8 Å². The van der Waals surface area contributed by atoms with Crippen LogP contribution >= 0.6 is 0 Å². The molecule has 2 aromatic rings. The minimum atomic E-state index is -3.71. The Hall–Kier alpha value is -1.87. The molecular formula is C10H11N3O4S2. The fourth-order valence-corrected chi connectivity index (χ4v) is 2.96. The van der Waals surface area contributed by atoms with Gasteiger partial charge in [-0.3, -0.25) is 9.82 Å². The topological polar surface area (TPSA) is 109 Å². The average Bonchev–Trinajstić information content (AvgIpc) is 2.82. The molecule has 0 aliphatic heterocycles. The molecule has 1 aromatic heterocycles. The first-order chi connectivity index (χ1) is 8.79. The van der Waals surface area contributed by atoms with Crippen molar-refractivity contribution in [1.82, 2.24) is 10.2 Å². The van der Waals surface area contributed by atoms with Crippen molar-refractivity contribution in [3.05, 3.63) is 36.7 Å². The predicted molar refractivity (Wildman–Crippen MR) is 68.9 cm³/mol. The summed E-state index contributed by atoms with van der Waals surface area (Å²) in [6.07, 6.45) is 3.50. The highest BCUT2D eigenvalue weighted by Gasteiger charge is 2.15. The lowest BCUT2D eigenvalue weighted by Crippen LogP contribution is -2.12. The monoisotopic (exact) mass is 301 g/mol. The molecule has 0 spiro atoms.